The molecule has 7 rings (SSSR count). The van der Waals surface area contributed by atoms with Gasteiger partial charge in [0.1, 0.15) is 17.3 Å². The van der Waals surface area contributed by atoms with Gasteiger partial charge in [-0.05, 0) is 86.3 Å². The van der Waals surface area contributed by atoms with E-state index in [0.717, 1.165) is 57.1 Å². The highest BCUT2D eigenvalue weighted by molar-refractivity contribution is 6.38. The number of methoxy groups -OCH3 is 3. The maximum absolute atomic E-state index is 13.6. The van der Waals surface area contributed by atoms with Crippen molar-refractivity contribution in [3.05, 3.63) is 109 Å². The van der Waals surface area contributed by atoms with Crippen molar-refractivity contribution >= 4 is 34.6 Å². The van der Waals surface area contributed by atoms with E-state index in [2.05, 4.69) is 19.2 Å². The Morgan fingerprint density at radius 2 is 1.61 bits per heavy atom. The Kier molecular flexibility index (Phi) is 8.65. The molecule has 6 aliphatic rings. The lowest BCUT2D eigenvalue weighted by Gasteiger charge is -2.17. The molecule has 1 aromatic rings. The molecule has 0 radical (unpaired) electrons. The summed E-state index contributed by atoms with van der Waals surface area (Å²) in [6, 6.07) is 5.29. The number of aliphatic hydroxyl groups is 1. The quantitative estimate of drug-likeness (QED) is 0.226. The van der Waals surface area contributed by atoms with Gasteiger partial charge in [0.15, 0.2) is 5.78 Å². The normalized spacial score (nSPS) is 23.3. The lowest BCUT2D eigenvalue weighted by molar-refractivity contribution is -0.140. The summed E-state index contributed by atoms with van der Waals surface area (Å²) in [6.07, 6.45) is 7.66. The van der Waals surface area contributed by atoms with Crippen LogP contribution in [0.5, 0.6) is 11.5 Å². The highest BCUT2D eigenvalue weighted by Crippen LogP contribution is 2.46. The van der Waals surface area contributed by atoms with Gasteiger partial charge in [0.2, 0.25) is 0 Å². The Hall–Kier alpha value is -5.51. The third-order valence-corrected chi connectivity index (χ3v) is 10.8. The van der Waals surface area contributed by atoms with Crippen LogP contribution in [0.2, 0.25) is 0 Å². The maximum atomic E-state index is 13.6. The van der Waals surface area contributed by atoms with E-state index in [9.17, 15) is 14.7 Å². The predicted octanol–water partition coefficient (Wildman–Crippen LogP) is 7.35. The van der Waals surface area contributed by atoms with Crippen LogP contribution in [0.3, 0.4) is 0 Å². The van der Waals surface area contributed by atoms with Crippen molar-refractivity contribution in [1.29, 1.82) is 0 Å². The van der Waals surface area contributed by atoms with Crippen molar-refractivity contribution < 1.29 is 28.9 Å². The van der Waals surface area contributed by atoms with Crippen molar-refractivity contribution in [2.24, 2.45) is 26.8 Å². The van der Waals surface area contributed by atoms with E-state index in [1.54, 1.807) is 32.4 Å². The number of esters is 1. The average molecular weight is 687 g/mol. The molecule has 0 unspecified atom stereocenters. The fourth-order valence-electron chi connectivity index (χ4n) is 7.85. The number of hydrogen-bond acceptors (Lipinski definition) is 10. The minimum atomic E-state index is -0.285. The maximum Gasteiger partial charge on any atom is 0.305 e. The Labute approximate surface area is 297 Å². The summed E-state index contributed by atoms with van der Waals surface area (Å²) in [7, 11) is 4.54. The summed E-state index contributed by atoms with van der Waals surface area (Å²) in [4.78, 5) is 41.3. The number of Topliss-reactive ketones (excluding diaryl/α,β-unsaturated/α-hetero) is 1. The zero-order valence-electron chi connectivity index (χ0n) is 30.3. The number of aliphatic imine (C=N–C) groups is 3. The predicted molar refractivity (Wildman–Crippen MR) is 198 cm³/mol. The number of aliphatic hydroxyl groups excluding tert-OH is 1. The number of nitrogens with zero attached hydrogens (tertiary/aromatic N) is 3. The number of ketones is 1. The second-order valence-electron chi connectivity index (χ2n) is 13.5. The second kappa shape index (κ2) is 13.0. The Balaban J connectivity index is 1.49. The molecular formula is C41H42N4O6. The summed E-state index contributed by atoms with van der Waals surface area (Å²) in [5.41, 5.74) is 12.3. The summed E-state index contributed by atoms with van der Waals surface area (Å²) in [5, 5.41) is 15.7. The Morgan fingerprint density at radius 3 is 2.27 bits per heavy atom. The zero-order valence-corrected chi connectivity index (χ0v) is 30.3. The van der Waals surface area contributed by atoms with E-state index >= 15 is 0 Å². The fourth-order valence-corrected chi connectivity index (χ4v) is 7.85. The summed E-state index contributed by atoms with van der Waals surface area (Å²) in [6.45, 7) is 10.2. The minimum Gasteiger partial charge on any atom is -0.507 e. The van der Waals surface area contributed by atoms with Gasteiger partial charge in [0.25, 0.3) is 0 Å². The molecule has 2 N–H and O–H groups in total. The van der Waals surface area contributed by atoms with Crippen molar-refractivity contribution in [3.8, 4) is 11.5 Å². The van der Waals surface area contributed by atoms with Gasteiger partial charge in [-0.25, -0.2) is 15.0 Å². The number of rotatable bonds is 7. The van der Waals surface area contributed by atoms with Crippen LogP contribution in [-0.2, 0) is 14.3 Å². The zero-order chi connectivity index (χ0) is 36.3. The van der Waals surface area contributed by atoms with Crippen molar-refractivity contribution in [2.45, 2.75) is 60.3 Å². The van der Waals surface area contributed by atoms with Gasteiger partial charge in [-0.1, -0.05) is 13.8 Å². The lowest BCUT2D eigenvalue weighted by Crippen LogP contribution is -2.15. The van der Waals surface area contributed by atoms with Crippen molar-refractivity contribution in [3.63, 3.8) is 0 Å². The lowest BCUT2D eigenvalue weighted by atomic mass is 9.86. The molecule has 0 amide bonds. The van der Waals surface area contributed by atoms with Gasteiger partial charge in [-0.3, -0.25) is 9.59 Å². The van der Waals surface area contributed by atoms with Gasteiger partial charge < -0.3 is 24.6 Å². The van der Waals surface area contributed by atoms with Gasteiger partial charge in [0, 0.05) is 64.4 Å². The molecule has 8 bridgehead atoms. The summed E-state index contributed by atoms with van der Waals surface area (Å²) >= 11 is 0. The SMILES string of the molecule is CCC1=C(C)C2=CC3=NC(=C(C)/C3=C(\O)c3cc(OC)cc(OC)c3)C=C3NC(=C4CC(=O)C5=C(C)C(=CC1=N2)N=C45)[C@@H](CCC(=O)OC)[C@@H]3C. The number of hydrogen-bond donors (Lipinski definition) is 2. The first kappa shape index (κ1) is 34.0. The highest BCUT2D eigenvalue weighted by atomic mass is 16.5. The molecule has 10 heteroatoms. The molecule has 5 aliphatic heterocycles. The molecule has 51 heavy (non-hydrogen) atoms. The fraction of sp³-hybridized carbons (Fsp3) is 0.341. The Bertz CT molecular complexity index is 2160. The largest absolute Gasteiger partial charge is 0.507 e. The van der Waals surface area contributed by atoms with Crippen LogP contribution in [0.25, 0.3) is 5.76 Å². The number of fused-ring (bicyclic) bond motifs is 5. The standard InChI is InChI=1S/C41H42N4O6/c1-9-26-19(2)29-18-34-37(41(48)23-12-24(49-6)14-25(13-23)50-7)21(4)31(43-34)16-30-20(3)27(10-11-36(47)51-8)39(44-30)28-15-35(46)38-22(5)32(45-40(28)38)17-33(26)42-29/h12-14,16-18,20,27,44,48H,9-11,15H2,1-8H3/b29-18?,30-16?,32-17?,39-28?,41-37+/t20-,27-/m0/s1. The van der Waals surface area contributed by atoms with Crippen LogP contribution < -0.4 is 14.8 Å². The number of nitrogens with one attached hydrogen (secondary N) is 1. The number of carbonyl (C=O) groups is 2. The van der Waals surface area contributed by atoms with Crippen LogP contribution in [0.1, 0.15) is 65.9 Å². The topological polar surface area (TPSA) is 131 Å². The van der Waals surface area contributed by atoms with Gasteiger partial charge in [-0.15, -0.1) is 0 Å². The van der Waals surface area contributed by atoms with E-state index < -0.39 is 0 Å². The number of benzene rings is 1. The van der Waals surface area contributed by atoms with Crippen LogP contribution >= 0.6 is 0 Å². The summed E-state index contributed by atoms with van der Waals surface area (Å²) < 4.78 is 16.0. The third-order valence-electron chi connectivity index (χ3n) is 10.8. The molecule has 2 atom stereocenters. The first-order chi connectivity index (χ1) is 24.5. The number of allylic oxidation sites excluding steroid dienone is 12. The van der Waals surface area contributed by atoms with Gasteiger partial charge in [0.05, 0.1) is 55.6 Å². The van der Waals surface area contributed by atoms with Crippen LogP contribution in [0, 0.1) is 11.8 Å². The van der Waals surface area contributed by atoms with E-state index in [0.29, 0.717) is 57.4 Å². The van der Waals surface area contributed by atoms with Crippen molar-refractivity contribution in [1.82, 2.24) is 5.32 Å². The van der Waals surface area contributed by atoms with Gasteiger partial charge in [-0.2, -0.15) is 0 Å². The molecule has 1 aromatic carbocycles. The molecule has 1 saturated heterocycles. The molecule has 5 heterocycles. The first-order valence-electron chi connectivity index (χ1n) is 17.3. The third kappa shape index (κ3) is 5.63. The first-order valence-corrected chi connectivity index (χ1v) is 17.3. The molecule has 1 aliphatic carbocycles. The molecule has 10 nitrogen and oxygen atoms in total. The molecular weight excluding hydrogens is 644 g/mol. The molecule has 2 fully saturated rings. The molecule has 0 spiro atoms. The molecule has 1 saturated carbocycles. The minimum absolute atomic E-state index is 0.0322. The number of ether oxygens (including phenoxy) is 3. The average Bonchev–Trinajstić information content (AvgIpc) is 3.88. The second-order valence-corrected chi connectivity index (χ2v) is 13.5. The smallest absolute Gasteiger partial charge is 0.305 e. The number of carbonyl (C=O) groups excluding carboxylic acids is 2. The molecule has 262 valence electrons. The van der Waals surface area contributed by atoms with E-state index in [1.165, 1.54) is 7.11 Å². The van der Waals surface area contributed by atoms with E-state index in [-0.39, 0.29) is 42.2 Å². The van der Waals surface area contributed by atoms with E-state index in [4.69, 9.17) is 29.2 Å². The van der Waals surface area contributed by atoms with Crippen LogP contribution in [0.4, 0.5) is 0 Å². The van der Waals surface area contributed by atoms with Crippen LogP contribution in [-0.4, -0.2) is 55.3 Å². The van der Waals surface area contributed by atoms with E-state index in [1.807, 2.05) is 39.0 Å². The monoisotopic (exact) mass is 686 g/mol. The molecule has 0 aromatic heterocycles. The van der Waals surface area contributed by atoms with Crippen LogP contribution in [0.15, 0.2) is 119 Å². The summed E-state index contributed by atoms with van der Waals surface area (Å²) in [5.74, 6) is 0.733. The van der Waals surface area contributed by atoms with Crippen molar-refractivity contribution in [2.75, 3.05) is 21.3 Å². The Morgan fingerprint density at radius 1 is 0.922 bits per heavy atom. The van der Waals surface area contributed by atoms with Gasteiger partial charge >= 0.3 is 5.97 Å². The highest BCUT2D eigenvalue weighted by Gasteiger charge is 2.43.